The van der Waals surface area contributed by atoms with Crippen molar-refractivity contribution in [3.8, 4) is 0 Å². The first-order valence-corrected chi connectivity index (χ1v) is 14.1. The van der Waals surface area contributed by atoms with Crippen molar-refractivity contribution in [2.24, 2.45) is 0 Å². The molecule has 130 valence electrons. The van der Waals surface area contributed by atoms with Gasteiger partial charge in [0, 0.05) is 293 Å². The normalized spacial score (nSPS) is 10.1. The number of nitrogens with one attached hydrogen (secondary N) is 1. The third kappa shape index (κ3) is 12.3. The first-order valence-electron chi connectivity index (χ1n) is 13.5. The molecule has 0 aromatic rings. The van der Waals surface area contributed by atoms with Crippen LogP contribution in [0.5, 0.6) is 0 Å². The van der Waals surface area contributed by atoms with E-state index < -0.39 is 122 Å². The quantitative estimate of drug-likeness (QED) is 0.0933. The summed E-state index contributed by atoms with van der Waals surface area (Å²) in [4.78, 5) is 0. The zero-order valence-corrected chi connectivity index (χ0v) is 25.5. The third-order valence-electron chi connectivity index (χ3n) is 8.01. The molecule has 0 atom stereocenters. The molecule has 0 aliphatic heterocycles. The van der Waals surface area contributed by atoms with Gasteiger partial charge < -0.3 is 3.43 Å². The molecule has 0 saturated carbocycles. The second-order valence-corrected chi connectivity index (χ2v) is 11.5. The summed E-state index contributed by atoms with van der Waals surface area (Å²) in [6, 6.07) is 0. The van der Waals surface area contributed by atoms with Gasteiger partial charge in [0.25, 0.3) is 0 Å². The SMILES string of the molecule is [3H]N(I)B(B(B(B([B])[B])B([B])[B])B(B([B])[B])B([B])[B])B(B(B([B])[B])B([B])[B])B(B(B([B])[B])B([B])[B])B(B([B])[B])B([B])[B]. The van der Waals surface area contributed by atoms with Crippen molar-refractivity contribution < 1.29 is 1.41 Å². The van der Waals surface area contributed by atoms with Crippen molar-refractivity contribution in [3.05, 3.63) is 0 Å². The second-order valence-electron chi connectivity index (χ2n) is 11.0. The monoisotopic (exact) mass is 573 g/mol. The Labute approximate surface area is 301 Å². The van der Waals surface area contributed by atoms with Gasteiger partial charge in [-0.2, -0.15) is 0 Å². The van der Waals surface area contributed by atoms with Crippen LogP contribution in [0.1, 0.15) is 0 Å². The van der Waals surface area contributed by atoms with Crippen LogP contribution in [-0.2, 0) is 0 Å². The third-order valence-corrected chi connectivity index (χ3v) is 8.66. The summed E-state index contributed by atoms with van der Waals surface area (Å²) in [6.07, 6.45) is -20.8. The zero-order chi connectivity index (χ0) is 33.5. The highest BCUT2D eigenvalue weighted by Gasteiger charge is 2.57. The van der Waals surface area contributed by atoms with Crippen molar-refractivity contribution in [3.63, 3.8) is 0 Å². The van der Waals surface area contributed by atoms with E-state index in [2.05, 4.69) is 0 Å². The summed E-state index contributed by atoms with van der Waals surface area (Å²) in [6.45, 7) is -1.20. The molecule has 0 aromatic heterocycles. The molecule has 0 amide bonds. The largest absolute Gasteiger partial charge is 0.319 e. The van der Waals surface area contributed by atoms with Crippen molar-refractivity contribution in [2.75, 3.05) is 0 Å². The Kier molecular flexibility index (Phi) is 21.2. The summed E-state index contributed by atoms with van der Waals surface area (Å²) >= 11 is 1.69. The van der Waals surface area contributed by atoms with Gasteiger partial charge in [-0.25, -0.2) is 0 Å². The van der Waals surface area contributed by atoms with Gasteiger partial charge in [-0.1, -0.05) is 0 Å². The predicted octanol–water partition coefficient (Wildman–Crippen LogP) is -14.5. The highest BCUT2D eigenvalue weighted by molar-refractivity contribution is 14.1. The topological polar surface area (TPSA) is 12.0 Å². The molecule has 0 aromatic carbocycles. The van der Waals surface area contributed by atoms with Crippen LogP contribution < -0.4 is 3.43 Å². The summed E-state index contributed by atoms with van der Waals surface area (Å²) < 4.78 is 10.0. The molecule has 0 heterocycles. The van der Waals surface area contributed by atoms with Gasteiger partial charge >= 0.3 is 0 Å². The molecule has 0 unspecified atom stereocenters. The Hall–Kier alpha value is 3.22. The fraction of sp³-hybridized carbons (Fsp3) is 0. The average Bonchev–Trinajstić information content (AvgIpc) is 2.75. The molecule has 0 saturated heterocycles. The maximum Gasteiger partial charge on any atom is 0.129 e. The molecule has 0 spiro atoms. The van der Waals surface area contributed by atoms with Crippen LogP contribution in [0.15, 0.2) is 0 Å². The van der Waals surface area contributed by atoms with Gasteiger partial charge in [0.05, 0.1) is 0 Å². The molecule has 0 fully saturated rings. The minimum Gasteiger partial charge on any atom is -0.319 e. The van der Waals surface area contributed by atoms with Crippen LogP contribution in [0, 0.1) is 0 Å². The number of rotatable bonds is 19. The first-order chi connectivity index (χ1) is 19.0. The lowest BCUT2D eigenvalue weighted by atomic mass is 8.31. The minimum atomic E-state index is -1.25. The number of hydrogen-bond donors (Lipinski definition) is 1. The summed E-state index contributed by atoms with van der Waals surface area (Å²) in [5, 5.41) is 0. The predicted molar refractivity (Wildman–Crippen MR) is 242 cm³/mol. The van der Waals surface area contributed by atoms with E-state index in [1.807, 2.05) is 0 Å². The molecular weight excluding hydrogens is 563 g/mol. The smallest absolute Gasteiger partial charge is 0.129 e. The van der Waals surface area contributed by atoms with Crippen LogP contribution in [0.2, 0.25) is 1.41 Å². The molecule has 1 N–H and O–H groups in total. The Morgan fingerprint density at radius 2 is 0.439 bits per heavy atom. The number of hydrogen-bond acceptors (Lipinski definition) is 1. The van der Waals surface area contributed by atoms with Crippen LogP contribution >= 0.6 is 22.9 Å². The minimum absolute atomic E-state index is 0.996. The summed E-state index contributed by atoms with van der Waals surface area (Å²) in [5.41, 5.74) is 0. The molecule has 0 rings (SSSR count). The molecular formula is HB39IN. The van der Waals surface area contributed by atoms with E-state index >= 15 is 0 Å². The fourth-order valence-corrected chi connectivity index (χ4v) is 7.17. The van der Waals surface area contributed by atoms with E-state index in [1.165, 1.54) is 0 Å². The maximum absolute atomic E-state index is 9.01. The van der Waals surface area contributed by atoms with Gasteiger partial charge in [0.1, 0.15) is 8.04 Å². The average molecular weight is 566 g/mol. The van der Waals surface area contributed by atoms with Crippen LogP contribution in [0.3, 0.4) is 0 Å². The Morgan fingerprint density at radius 3 is 0.585 bits per heavy atom. The van der Waals surface area contributed by atoms with E-state index in [0.717, 1.165) is 3.43 Å². The van der Waals surface area contributed by atoms with E-state index in [9.17, 15) is 0 Å². The summed E-state index contributed by atoms with van der Waals surface area (Å²) in [5.74, 6) is 0. The van der Waals surface area contributed by atoms with Gasteiger partial charge in [-0.05, 0) is 0 Å². The van der Waals surface area contributed by atoms with Crippen LogP contribution in [0.25, 0.3) is 0 Å². The van der Waals surface area contributed by atoms with Crippen molar-refractivity contribution in [1.29, 1.82) is 0 Å². The van der Waals surface area contributed by atoms with E-state index in [4.69, 9.17) is 156 Å². The molecule has 0 aliphatic carbocycles. The lowest BCUT2D eigenvalue weighted by Crippen LogP contribution is -2.91. The van der Waals surface area contributed by atoms with Gasteiger partial charge in [-0.3, -0.25) is 0 Å². The molecule has 41 heavy (non-hydrogen) atoms. The lowest BCUT2D eigenvalue weighted by Gasteiger charge is -2.52. The second kappa shape index (κ2) is 20.6. The standard InChI is InChI=1S/B39HIN/c1-21(2)31(22(3)4)36(32(23(5)6)24(7)8)38(35(29(17)18)30(19)20)39(41-40)37(33(25(9)10)26(11)12)34(27(13)14)28(15)16/h41H/i/hT. The molecule has 0 aliphatic rings. The number of halogens is 1. The van der Waals surface area contributed by atoms with E-state index in [0.29, 0.717) is 0 Å². The van der Waals surface area contributed by atoms with Crippen molar-refractivity contribution in [1.82, 2.24) is 3.43 Å². The van der Waals surface area contributed by atoms with Gasteiger partial charge in [0.15, 0.2) is 0 Å². The highest BCUT2D eigenvalue weighted by Crippen LogP contribution is 2.17. The van der Waals surface area contributed by atoms with Crippen LogP contribution in [-0.4, -0.2) is 276 Å². The lowest BCUT2D eigenvalue weighted by molar-refractivity contribution is 1.79. The van der Waals surface area contributed by atoms with E-state index in [1.54, 1.807) is 22.9 Å². The Balaban J connectivity index is 8.39. The fourth-order valence-electron chi connectivity index (χ4n) is 6.43. The van der Waals surface area contributed by atoms with Gasteiger partial charge in [-0.15, -0.1) is 0 Å². The molecule has 0 bridgehead atoms. The molecule has 41 heteroatoms. The van der Waals surface area contributed by atoms with E-state index in [-0.39, 0.29) is 0 Å². The first kappa shape index (κ1) is 42.2. The molecule has 1 nitrogen and oxygen atoms in total. The highest BCUT2D eigenvalue weighted by atomic mass is 127. The molecule has 40 radical (unpaired) electrons. The maximum atomic E-state index is 9.01. The zero-order valence-electron chi connectivity index (χ0n) is 24.3. The summed E-state index contributed by atoms with van der Waals surface area (Å²) in [7, 11) is 125. The Bertz CT molecular complexity index is 627. The van der Waals surface area contributed by atoms with Crippen molar-refractivity contribution in [2.45, 2.75) is 0 Å². The Morgan fingerprint density at radius 1 is 0.293 bits per heavy atom. The van der Waals surface area contributed by atoms with Crippen LogP contribution in [0.4, 0.5) is 0 Å². The van der Waals surface area contributed by atoms with Gasteiger partial charge in [0.2, 0.25) is 0 Å². The van der Waals surface area contributed by atoms with Crippen molar-refractivity contribution >= 4 is 299 Å².